The minimum Gasteiger partial charge on any atom is -0.504 e. The minimum absolute atomic E-state index is 0.0528. The van der Waals surface area contributed by atoms with Crippen molar-refractivity contribution >= 4 is 11.0 Å². The van der Waals surface area contributed by atoms with E-state index in [1.165, 1.54) is 6.07 Å². The van der Waals surface area contributed by atoms with Crippen LogP contribution in [0.1, 0.15) is 0 Å². The Bertz CT molecular complexity index is 829. The van der Waals surface area contributed by atoms with E-state index in [0.29, 0.717) is 0 Å². The largest absolute Gasteiger partial charge is 0.504 e. The van der Waals surface area contributed by atoms with Gasteiger partial charge in [0.1, 0.15) is 30.0 Å². The summed E-state index contributed by atoms with van der Waals surface area (Å²) in [6, 6.07) is 3.32. The molecule has 1 aromatic carbocycles. The molecule has 3 rings (SSSR count). The van der Waals surface area contributed by atoms with Crippen molar-refractivity contribution in [2.24, 2.45) is 0 Å². The number of hydrogen-bond donors (Lipinski definition) is 6. The molecule has 0 bridgehead atoms. The van der Waals surface area contributed by atoms with Crippen LogP contribution in [-0.4, -0.2) is 68.0 Å². The first-order valence-corrected chi connectivity index (χ1v) is 7.29. The summed E-state index contributed by atoms with van der Waals surface area (Å²) in [5.74, 6) is -1.70. The van der Waals surface area contributed by atoms with E-state index in [1.54, 1.807) is 0 Å². The number of ether oxygens (including phenoxy) is 2. The zero-order chi connectivity index (χ0) is 18.3. The van der Waals surface area contributed by atoms with Gasteiger partial charge >= 0.3 is 5.63 Å². The van der Waals surface area contributed by atoms with E-state index in [1.807, 2.05) is 0 Å². The summed E-state index contributed by atoms with van der Waals surface area (Å²) in [5.41, 5.74) is -0.780. The standard InChI is InChI=1S/C15H16O10/c16-4-8-11(20)12(21)13(22)15(24-8)25-14-6(17)3-7-5(10(14)19)1-2-9(18)23-7/h1-3,8,11-13,15-17,19-22H,4H2. The summed E-state index contributed by atoms with van der Waals surface area (Å²) in [6.45, 7) is -0.661. The molecule has 2 heterocycles. The number of phenolic OH excluding ortho intramolecular Hbond substituents is 2. The Balaban J connectivity index is 1.97. The Morgan fingerprint density at radius 1 is 1.08 bits per heavy atom. The summed E-state index contributed by atoms with van der Waals surface area (Å²) in [4.78, 5) is 11.2. The Hall–Kier alpha value is -2.37. The van der Waals surface area contributed by atoms with Crippen LogP contribution in [0.3, 0.4) is 0 Å². The molecule has 1 saturated heterocycles. The molecule has 5 atom stereocenters. The summed E-state index contributed by atoms with van der Waals surface area (Å²) in [6.07, 6.45) is -7.79. The van der Waals surface area contributed by atoms with Crippen molar-refractivity contribution in [1.82, 2.24) is 0 Å². The average Bonchev–Trinajstić information content (AvgIpc) is 2.58. The van der Waals surface area contributed by atoms with Gasteiger partial charge in [-0.05, 0) is 6.07 Å². The third-order valence-electron chi connectivity index (χ3n) is 3.92. The Morgan fingerprint density at radius 2 is 1.80 bits per heavy atom. The molecular weight excluding hydrogens is 340 g/mol. The summed E-state index contributed by atoms with van der Waals surface area (Å²) in [5, 5.41) is 58.8. The lowest BCUT2D eigenvalue weighted by molar-refractivity contribution is -0.277. The van der Waals surface area contributed by atoms with E-state index in [0.717, 1.165) is 12.1 Å². The number of aliphatic hydroxyl groups is 4. The topological polar surface area (TPSA) is 170 Å². The average molecular weight is 356 g/mol. The first-order valence-electron chi connectivity index (χ1n) is 7.29. The van der Waals surface area contributed by atoms with Crippen LogP contribution >= 0.6 is 0 Å². The monoisotopic (exact) mass is 356 g/mol. The fourth-order valence-electron chi connectivity index (χ4n) is 2.56. The van der Waals surface area contributed by atoms with Crippen LogP contribution in [0.15, 0.2) is 27.4 Å². The zero-order valence-electron chi connectivity index (χ0n) is 12.6. The molecule has 0 amide bonds. The Morgan fingerprint density at radius 3 is 2.48 bits per heavy atom. The predicted molar refractivity (Wildman–Crippen MR) is 80.2 cm³/mol. The first kappa shape index (κ1) is 17.5. The molecule has 1 fully saturated rings. The van der Waals surface area contributed by atoms with Crippen LogP contribution in [0.25, 0.3) is 11.0 Å². The second kappa shape index (κ2) is 6.50. The predicted octanol–water partition coefficient (Wildman–Crippen LogP) is -1.62. The van der Waals surface area contributed by atoms with Crippen molar-refractivity contribution in [3.05, 3.63) is 28.6 Å². The van der Waals surface area contributed by atoms with Gasteiger partial charge in [0.25, 0.3) is 0 Å². The molecule has 0 saturated carbocycles. The van der Waals surface area contributed by atoms with Crippen LogP contribution in [0, 0.1) is 0 Å². The van der Waals surface area contributed by atoms with E-state index < -0.39 is 60.2 Å². The summed E-state index contributed by atoms with van der Waals surface area (Å²) >= 11 is 0. The van der Waals surface area contributed by atoms with Crippen LogP contribution in [-0.2, 0) is 4.74 Å². The highest BCUT2D eigenvalue weighted by molar-refractivity contribution is 5.88. The highest BCUT2D eigenvalue weighted by Gasteiger charge is 2.45. The molecule has 25 heavy (non-hydrogen) atoms. The van der Waals surface area contributed by atoms with Gasteiger partial charge in [0.05, 0.1) is 12.0 Å². The molecular formula is C15H16O10. The molecule has 0 aliphatic carbocycles. The van der Waals surface area contributed by atoms with Gasteiger partial charge in [-0.25, -0.2) is 4.79 Å². The van der Waals surface area contributed by atoms with Gasteiger partial charge in [-0.15, -0.1) is 0 Å². The number of phenols is 2. The third-order valence-corrected chi connectivity index (χ3v) is 3.92. The van der Waals surface area contributed by atoms with Crippen molar-refractivity contribution in [3.63, 3.8) is 0 Å². The van der Waals surface area contributed by atoms with E-state index in [-0.39, 0.29) is 11.0 Å². The number of aromatic hydroxyl groups is 2. The smallest absolute Gasteiger partial charge is 0.336 e. The van der Waals surface area contributed by atoms with E-state index in [9.17, 15) is 30.3 Å². The molecule has 1 aliphatic heterocycles. The molecule has 6 N–H and O–H groups in total. The Labute approximate surface area is 139 Å². The Kier molecular flexibility index (Phi) is 4.54. The summed E-state index contributed by atoms with van der Waals surface area (Å²) < 4.78 is 15.2. The van der Waals surface area contributed by atoms with Gasteiger partial charge in [-0.3, -0.25) is 0 Å². The van der Waals surface area contributed by atoms with Gasteiger partial charge in [0.15, 0.2) is 11.5 Å². The second-order valence-corrected chi connectivity index (χ2v) is 5.55. The maximum atomic E-state index is 11.2. The minimum atomic E-state index is -1.72. The van der Waals surface area contributed by atoms with Crippen molar-refractivity contribution in [2.75, 3.05) is 6.61 Å². The van der Waals surface area contributed by atoms with Gasteiger partial charge in [-0.1, -0.05) is 0 Å². The van der Waals surface area contributed by atoms with Crippen molar-refractivity contribution in [1.29, 1.82) is 0 Å². The fraction of sp³-hybridized carbons (Fsp3) is 0.400. The van der Waals surface area contributed by atoms with E-state index in [2.05, 4.69) is 0 Å². The van der Waals surface area contributed by atoms with Gasteiger partial charge in [0, 0.05) is 12.1 Å². The summed E-state index contributed by atoms with van der Waals surface area (Å²) in [7, 11) is 0. The molecule has 1 aliphatic rings. The lowest BCUT2D eigenvalue weighted by Crippen LogP contribution is -2.60. The number of benzene rings is 1. The molecule has 5 unspecified atom stereocenters. The molecule has 1 aromatic heterocycles. The lowest BCUT2D eigenvalue weighted by Gasteiger charge is -2.39. The van der Waals surface area contributed by atoms with Crippen LogP contribution in [0.5, 0.6) is 17.2 Å². The van der Waals surface area contributed by atoms with E-state index >= 15 is 0 Å². The van der Waals surface area contributed by atoms with Crippen molar-refractivity contribution in [2.45, 2.75) is 30.7 Å². The molecule has 136 valence electrons. The highest BCUT2D eigenvalue weighted by Crippen LogP contribution is 2.43. The SMILES string of the molecule is O=c1ccc2c(O)c(OC3OC(CO)C(O)C(O)C3O)c(O)cc2o1. The van der Waals surface area contributed by atoms with Crippen LogP contribution in [0.2, 0.25) is 0 Å². The van der Waals surface area contributed by atoms with Crippen LogP contribution in [0.4, 0.5) is 0 Å². The van der Waals surface area contributed by atoms with Gasteiger partial charge < -0.3 is 44.5 Å². The van der Waals surface area contributed by atoms with Gasteiger partial charge in [-0.2, -0.15) is 0 Å². The molecule has 0 radical (unpaired) electrons. The first-order chi connectivity index (χ1) is 11.8. The van der Waals surface area contributed by atoms with Crippen molar-refractivity contribution in [3.8, 4) is 17.2 Å². The number of aliphatic hydroxyl groups excluding tert-OH is 4. The van der Waals surface area contributed by atoms with Crippen LogP contribution < -0.4 is 10.4 Å². The van der Waals surface area contributed by atoms with Gasteiger partial charge in [0.2, 0.25) is 12.0 Å². The fourth-order valence-corrected chi connectivity index (χ4v) is 2.56. The lowest BCUT2D eigenvalue weighted by atomic mass is 9.99. The second-order valence-electron chi connectivity index (χ2n) is 5.55. The number of fused-ring (bicyclic) bond motifs is 1. The van der Waals surface area contributed by atoms with Crippen molar-refractivity contribution < 1.29 is 44.5 Å². The molecule has 10 heteroatoms. The molecule has 0 spiro atoms. The zero-order valence-corrected chi connectivity index (χ0v) is 12.6. The number of rotatable bonds is 3. The maximum Gasteiger partial charge on any atom is 0.336 e. The number of hydrogen-bond acceptors (Lipinski definition) is 10. The maximum absolute atomic E-state index is 11.2. The third kappa shape index (κ3) is 3.01. The molecule has 2 aromatic rings. The molecule has 10 nitrogen and oxygen atoms in total. The quantitative estimate of drug-likeness (QED) is 0.351. The van der Waals surface area contributed by atoms with E-state index in [4.69, 9.17) is 19.0 Å². The highest BCUT2D eigenvalue weighted by atomic mass is 16.7. The normalized spacial score (nSPS) is 29.7.